The van der Waals surface area contributed by atoms with Gasteiger partial charge in [0.15, 0.2) is 6.10 Å². The van der Waals surface area contributed by atoms with Crippen LogP contribution in [-0.2, 0) is 28.5 Å². The van der Waals surface area contributed by atoms with Gasteiger partial charge in [0.1, 0.15) is 0 Å². The normalized spacial score (nSPS) is 22.8. The van der Waals surface area contributed by atoms with Gasteiger partial charge in [-0.1, -0.05) is 60.7 Å². The van der Waals surface area contributed by atoms with Crippen LogP contribution in [0, 0.1) is 0 Å². The van der Waals surface area contributed by atoms with E-state index in [1.807, 2.05) is 48.6 Å². The van der Waals surface area contributed by atoms with Crippen LogP contribution in [0.3, 0.4) is 0 Å². The Morgan fingerprint density at radius 3 is 2.10 bits per heavy atom. The van der Waals surface area contributed by atoms with Gasteiger partial charge in [-0.3, -0.25) is 9.59 Å². The lowest BCUT2D eigenvalue weighted by Gasteiger charge is -2.22. The van der Waals surface area contributed by atoms with Crippen molar-refractivity contribution in [3.05, 3.63) is 71.3 Å². The van der Waals surface area contributed by atoms with Crippen LogP contribution >= 0.6 is 0 Å². The van der Waals surface area contributed by atoms with E-state index in [0.717, 1.165) is 5.56 Å². The Morgan fingerprint density at radius 1 is 0.806 bits per heavy atom. The summed E-state index contributed by atoms with van der Waals surface area (Å²) < 4.78 is 21.6. The van der Waals surface area contributed by atoms with E-state index in [4.69, 9.17) is 18.9 Å². The Morgan fingerprint density at radius 2 is 1.42 bits per heavy atom. The zero-order valence-electron chi connectivity index (χ0n) is 17.5. The van der Waals surface area contributed by atoms with Gasteiger partial charge in [-0.2, -0.15) is 0 Å². The first-order chi connectivity index (χ1) is 14.8. The van der Waals surface area contributed by atoms with Gasteiger partial charge in [0.25, 0.3) is 0 Å². The zero-order chi connectivity index (χ0) is 22.4. The van der Waals surface area contributed by atoms with E-state index in [-0.39, 0.29) is 0 Å². The summed E-state index contributed by atoms with van der Waals surface area (Å²) in [6.07, 6.45) is -0.0746. The summed E-state index contributed by atoms with van der Waals surface area (Å²) in [5, 5.41) is 0. The van der Waals surface area contributed by atoms with E-state index in [2.05, 4.69) is 0 Å². The first-order valence-electron chi connectivity index (χ1n) is 9.88. The van der Waals surface area contributed by atoms with Crippen LogP contribution in [0.15, 0.2) is 54.6 Å². The molecular weight excluding hydrogens is 400 g/mol. The smallest absolute Gasteiger partial charge is 0.341 e. The number of rotatable bonds is 6. The number of hydrogen-bond donors (Lipinski definition) is 0. The molecule has 0 bridgehead atoms. The molecule has 0 aromatic heterocycles. The molecule has 0 amide bonds. The summed E-state index contributed by atoms with van der Waals surface area (Å²) >= 11 is 0. The minimum Gasteiger partial charge on any atom is -0.456 e. The number of esters is 3. The molecular formula is C24H24O7. The Labute approximate surface area is 180 Å². The minimum absolute atomic E-state index is 0.323. The maximum Gasteiger partial charge on any atom is 0.341 e. The van der Waals surface area contributed by atoms with Gasteiger partial charge in [0.2, 0.25) is 12.4 Å². The van der Waals surface area contributed by atoms with E-state index in [1.165, 1.54) is 13.8 Å². The van der Waals surface area contributed by atoms with Crippen molar-refractivity contribution in [1.82, 2.24) is 0 Å². The molecule has 2 aromatic carbocycles. The molecule has 3 rings (SSSR count). The highest BCUT2D eigenvalue weighted by Gasteiger charge is 2.49. The molecule has 162 valence electrons. The van der Waals surface area contributed by atoms with Crippen molar-refractivity contribution < 1.29 is 33.3 Å². The quantitative estimate of drug-likeness (QED) is 0.398. The molecule has 0 radical (unpaired) electrons. The van der Waals surface area contributed by atoms with Crippen molar-refractivity contribution in [3.63, 3.8) is 0 Å². The molecule has 1 aliphatic rings. The van der Waals surface area contributed by atoms with Gasteiger partial charge in [-0.25, -0.2) is 4.79 Å². The summed E-state index contributed by atoms with van der Waals surface area (Å²) in [6.45, 7) is 4.11. The second kappa shape index (κ2) is 10.0. The van der Waals surface area contributed by atoms with Gasteiger partial charge in [0, 0.05) is 13.8 Å². The second-order valence-electron chi connectivity index (χ2n) is 7.09. The van der Waals surface area contributed by atoms with Crippen molar-refractivity contribution in [3.8, 4) is 0 Å². The first-order valence-corrected chi connectivity index (χ1v) is 9.88. The average Bonchev–Trinajstić information content (AvgIpc) is 3.00. The van der Waals surface area contributed by atoms with Crippen molar-refractivity contribution in [2.75, 3.05) is 0 Å². The van der Waals surface area contributed by atoms with Gasteiger partial charge >= 0.3 is 17.9 Å². The number of carbonyl (C=O) groups excluding carboxylic acids is 3. The highest BCUT2D eigenvalue weighted by Crippen LogP contribution is 2.29. The van der Waals surface area contributed by atoms with Crippen molar-refractivity contribution in [2.24, 2.45) is 0 Å². The van der Waals surface area contributed by atoms with Crippen LogP contribution < -0.4 is 0 Å². The third-order valence-electron chi connectivity index (χ3n) is 4.67. The molecule has 0 saturated carbocycles. The van der Waals surface area contributed by atoms with Gasteiger partial charge in [-0.05, 0) is 24.1 Å². The van der Waals surface area contributed by atoms with Crippen molar-refractivity contribution in [2.45, 2.75) is 45.4 Å². The molecule has 0 spiro atoms. The number of hydrogen-bond acceptors (Lipinski definition) is 7. The minimum atomic E-state index is -1.21. The lowest BCUT2D eigenvalue weighted by molar-refractivity contribution is -0.175. The number of benzene rings is 2. The number of ether oxygens (including phenoxy) is 4. The van der Waals surface area contributed by atoms with Gasteiger partial charge in [-0.15, -0.1) is 0 Å². The molecule has 1 unspecified atom stereocenters. The van der Waals surface area contributed by atoms with Crippen LogP contribution in [0.1, 0.15) is 42.3 Å². The summed E-state index contributed by atoms with van der Waals surface area (Å²) in [4.78, 5) is 35.9. The van der Waals surface area contributed by atoms with Crippen LogP contribution in [0.5, 0.6) is 0 Å². The second-order valence-corrected chi connectivity index (χ2v) is 7.09. The zero-order valence-corrected chi connectivity index (χ0v) is 17.5. The molecule has 1 saturated heterocycles. The topological polar surface area (TPSA) is 88.1 Å². The molecule has 7 heteroatoms. The summed E-state index contributed by atoms with van der Waals surface area (Å²) in [5.41, 5.74) is 1.96. The molecule has 4 atom stereocenters. The van der Waals surface area contributed by atoms with Crippen LogP contribution in [-0.4, -0.2) is 42.5 Å². The van der Waals surface area contributed by atoms with E-state index < -0.39 is 42.5 Å². The predicted octanol–water partition coefficient (Wildman–Crippen LogP) is 3.62. The molecule has 1 aliphatic heterocycles. The van der Waals surface area contributed by atoms with E-state index in [0.29, 0.717) is 11.1 Å². The van der Waals surface area contributed by atoms with Crippen molar-refractivity contribution in [1.29, 1.82) is 0 Å². The van der Waals surface area contributed by atoms with Crippen LogP contribution in [0.25, 0.3) is 12.2 Å². The lowest BCUT2D eigenvalue weighted by atomic mass is 10.1. The third kappa shape index (κ3) is 5.79. The standard InChI is InChI=1S/C24H24O7/c1-15-21(29-16(2)25)22(30-17(3)26)24(28-15)31-23(27)20-12-8-7-11-19(20)14-13-18-9-5-4-6-10-18/h4-15,21-22,24H,1-3H3/t15-,21-,22-,24?/m1/s1. The molecule has 31 heavy (non-hydrogen) atoms. The maximum atomic E-state index is 12.9. The highest BCUT2D eigenvalue weighted by molar-refractivity contribution is 5.95. The molecule has 1 fully saturated rings. The van der Waals surface area contributed by atoms with E-state index in [1.54, 1.807) is 25.1 Å². The number of carbonyl (C=O) groups is 3. The van der Waals surface area contributed by atoms with E-state index in [9.17, 15) is 14.4 Å². The SMILES string of the molecule is CC(=O)O[C@@H]1[C@@H](C)OC(OC(=O)c2ccccc2C=Cc2ccccc2)[C@@H]1OC(C)=O. The van der Waals surface area contributed by atoms with E-state index >= 15 is 0 Å². The maximum absolute atomic E-state index is 12.9. The molecule has 2 aromatic rings. The Hall–Kier alpha value is -3.45. The monoisotopic (exact) mass is 424 g/mol. The fourth-order valence-corrected chi connectivity index (χ4v) is 3.30. The van der Waals surface area contributed by atoms with Crippen LogP contribution in [0.2, 0.25) is 0 Å². The Bertz CT molecular complexity index is 967. The molecule has 0 aliphatic carbocycles. The van der Waals surface area contributed by atoms with Crippen molar-refractivity contribution >= 4 is 30.1 Å². The van der Waals surface area contributed by atoms with Crippen LogP contribution in [0.4, 0.5) is 0 Å². The molecule has 0 N–H and O–H groups in total. The fourth-order valence-electron chi connectivity index (χ4n) is 3.30. The van der Waals surface area contributed by atoms with Gasteiger partial charge in [0.05, 0.1) is 11.7 Å². The lowest BCUT2D eigenvalue weighted by Crippen LogP contribution is -2.40. The summed E-state index contributed by atoms with van der Waals surface area (Å²) in [7, 11) is 0. The summed E-state index contributed by atoms with van der Waals surface area (Å²) in [6, 6.07) is 16.6. The highest BCUT2D eigenvalue weighted by atomic mass is 16.7. The largest absolute Gasteiger partial charge is 0.456 e. The third-order valence-corrected chi connectivity index (χ3v) is 4.67. The van der Waals surface area contributed by atoms with Gasteiger partial charge < -0.3 is 18.9 Å². The average molecular weight is 424 g/mol. The first kappa shape index (κ1) is 22.2. The predicted molar refractivity (Wildman–Crippen MR) is 113 cm³/mol. The summed E-state index contributed by atoms with van der Waals surface area (Å²) in [5.74, 6) is -1.81. The molecule has 1 heterocycles. The Kier molecular flexibility index (Phi) is 7.20. The Balaban J connectivity index is 1.79. The molecule has 7 nitrogen and oxygen atoms in total. The fraction of sp³-hybridized carbons (Fsp3) is 0.292.